The van der Waals surface area contributed by atoms with Crippen molar-refractivity contribution in [1.82, 2.24) is 10.6 Å². The molecule has 144 valence electrons. The molecule has 27 heavy (non-hydrogen) atoms. The predicted octanol–water partition coefficient (Wildman–Crippen LogP) is 2.80. The molecule has 0 heterocycles. The van der Waals surface area contributed by atoms with Gasteiger partial charge in [-0.25, -0.2) is 9.59 Å². The van der Waals surface area contributed by atoms with Crippen molar-refractivity contribution < 1.29 is 24.2 Å². The molecule has 0 radical (unpaired) electrons. The predicted molar refractivity (Wildman–Crippen MR) is 101 cm³/mol. The third-order valence-corrected chi connectivity index (χ3v) is 3.79. The van der Waals surface area contributed by atoms with E-state index in [1.807, 2.05) is 24.3 Å². The van der Waals surface area contributed by atoms with Gasteiger partial charge < -0.3 is 25.2 Å². The smallest absolute Gasteiger partial charge is 0.335 e. The van der Waals surface area contributed by atoms with Gasteiger partial charge in [-0.2, -0.15) is 0 Å². The Labute approximate surface area is 158 Å². The van der Waals surface area contributed by atoms with E-state index in [0.717, 1.165) is 23.3 Å². The van der Waals surface area contributed by atoms with E-state index in [2.05, 4.69) is 10.6 Å². The summed E-state index contributed by atoms with van der Waals surface area (Å²) < 4.78 is 10.5. The maximum atomic E-state index is 11.9. The number of rotatable bonds is 10. The molecule has 2 aromatic rings. The molecule has 0 saturated carbocycles. The van der Waals surface area contributed by atoms with E-state index in [-0.39, 0.29) is 11.6 Å². The summed E-state index contributed by atoms with van der Waals surface area (Å²) in [7, 11) is 1.66. The van der Waals surface area contributed by atoms with Crippen LogP contribution in [0.3, 0.4) is 0 Å². The number of hydrogen-bond donors (Lipinski definition) is 3. The number of urea groups is 1. The van der Waals surface area contributed by atoms with Crippen molar-refractivity contribution in [1.29, 1.82) is 0 Å². The van der Waals surface area contributed by atoms with Crippen molar-refractivity contribution in [2.45, 2.75) is 19.5 Å². The Balaban J connectivity index is 1.69. The van der Waals surface area contributed by atoms with Crippen molar-refractivity contribution in [2.24, 2.45) is 0 Å². The van der Waals surface area contributed by atoms with Gasteiger partial charge in [-0.1, -0.05) is 24.3 Å². The number of carbonyl (C=O) groups excluding carboxylic acids is 1. The maximum Gasteiger partial charge on any atom is 0.335 e. The molecule has 0 fully saturated rings. The fourth-order valence-corrected chi connectivity index (χ4v) is 2.29. The van der Waals surface area contributed by atoms with Crippen molar-refractivity contribution in [3.8, 4) is 5.75 Å². The Morgan fingerprint density at radius 3 is 1.96 bits per heavy atom. The largest absolute Gasteiger partial charge is 0.494 e. The zero-order valence-corrected chi connectivity index (χ0v) is 15.2. The van der Waals surface area contributed by atoms with E-state index >= 15 is 0 Å². The molecular weight excluding hydrogens is 348 g/mol. The molecule has 0 aliphatic rings. The number of aromatic carboxylic acids is 1. The van der Waals surface area contributed by atoms with Gasteiger partial charge >= 0.3 is 12.0 Å². The summed E-state index contributed by atoms with van der Waals surface area (Å²) in [5, 5.41) is 14.4. The van der Waals surface area contributed by atoms with Crippen LogP contribution in [0.2, 0.25) is 0 Å². The first kappa shape index (κ1) is 20.3. The summed E-state index contributed by atoms with van der Waals surface area (Å²) in [5.74, 6) is -0.192. The number of benzene rings is 2. The van der Waals surface area contributed by atoms with Crippen LogP contribution < -0.4 is 15.4 Å². The average molecular weight is 372 g/mol. The number of ether oxygens (including phenoxy) is 2. The van der Waals surface area contributed by atoms with Crippen molar-refractivity contribution in [3.63, 3.8) is 0 Å². The lowest BCUT2D eigenvalue weighted by Crippen LogP contribution is -2.34. The molecule has 0 saturated heterocycles. The van der Waals surface area contributed by atoms with Gasteiger partial charge in [0.05, 0.1) is 12.2 Å². The molecule has 2 aromatic carbocycles. The lowest BCUT2D eigenvalue weighted by molar-refractivity contribution is 0.0697. The van der Waals surface area contributed by atoms with Crippen LogP contribution in [-0.2, 0) is 17.8 Å². The second kappa shape index (κ2) is 10.8. The van der Waals surface area contributed by atoms with Crippen LogP contribution in [0.1, 0.15) is 27.9 Å². The highest BCUT2D eigenvalue weighted by Crippen LogP contribution is 2.12. The van der Waals surface area contributed by atoms with Crippen LogP contribution in [0.5, 0.6) is 5.75 Å². The summed E-state index contributed by atoms with van der Waals surface area (Å²) in [6, 6.07) is 13.6. The van der Waals surface area contributed by atoms with Crippen LogP contribution in [0.4, 0.5) is 4.79 Å². The molecule has 2 amide bonds. The van der Waals surface area contributed by atoms with Gasteiger partial charge in [0.1, 0.15) is 5.75 Å². The number of methoxy groups -OCH3 is 1. The SMILES string of the molecule is COCCCOc1ccc(CNC(=O)NCc2ccc(C(=O)O)cc2)cc1. The van der Waals surface area contributed by atoms with Gasteiger partial charge in [0.15, 0.2) is 0 Å². The summed E-state index contributed by atoms with van der Waals surface area (Å²) in [4.78, 5) is 22.7. The van der Waals surface area contributed by atoms with E-state index in [4.69, 9.17) is 14.6 Å². The third-order valence-electron chi connectivity index (χ3n) is 3.79. The van der Waals surface area contributed by atoms with Crippen molar-refractivity contribution in [3.05, 3.63) is 65.2 Å². The molecule has 0 aliphatic carbocycles. The maximum absolute atomic E-state index is 11.9. The van der Waals surface area contributed by atoms with E-state index in [1.54, 1.807) is 19.2 Å². The number of carbonyl (C=O) groups is 2. The Bertz CT molecular complexity index is 729. The first-order valence-corrected chi connectivity index (χ1v) is 8.63. The zero-order valence-electron chi connectivity index (χ0n) is 15.2. The van der Waals surface area contributed by atoms with Gasteiger partial charge in [-0.3, -0.25) is 0 Å². The highest BCUT2D eigenvalue weighted by molar-refractivity contribution is 5.87. The van der Waals surface area contributed by atoms with Crippen LogP contribution in [-0.4, -0.2) is 37.4 Å². The lowest BCUT2D eigenvalue weighted by Gasteiger charge is -2.09. The van der Waals surface area contributed by atoms with Crippen LogP contribution >= 0.6 is 0 Å². The lowest BCUT2D eigenvalue weighted by atomic mass is 10.1. The second-order valence-corrected chi connectivity index (χ2v) is 5.88. The number of amides is 2. The summed E-state index contributed by atoms with van der Waals surface area (Å²) in [5.41, 5.74) is 2.00. The number of nitrogens with one attached hydrogen (secondary N) is 2. The van der Waals surface area contributed by atoms with E-state index in [0.29, 0.717) is 26.3 Å². The minimum Gasteiger partial charge on any atom is -0.494 e. The minimum atomic E-state index is -0.973. The van der Waals surface area contributed by atoms with E-state index in [1.165, 1.54) is 12.1 Å². The minimum absolute atomic E-state index is 0.217. The molecule has 3 N–H and O–H groups in total. The third kappa shape index (κ3) is 7.37. The van der Waals surface area contributed by atoms with E-state index < -0.39 is 5.97 Å². The normalized spacial score (nSPS) is 10.3. The molecule has 2 rings (SSSR count). The Kier molecular flexibility index (Phi) is 8.12. The van der Waals surface area contributed by atoms with Gasteiger partial charge in [-0.15, -0.1) is 0 Å². The van der Waals surface area contributed by atoms with Gasteiger partial charge in [-0.05, 0) is 35.4 Å². The van der Waals surface area contributed by atoms with Crippen LogP contribution in [0.15, 0.2) is 48.5 Å². The Morgan fingerprint density at radius 2 is 1.44 bits per heavy atom. The second-order valence-electron chi connectivity index (χ2n) is 5.88. The number of carboxylic acids is 1. The molecule has 0 spiro atoms. The van der Waals surface area contributed by atoms with Crippen LogP contribution in [0.25, 0.3) is 0 Å². The highest BCUT2D eigenvalue weighted by Gasteiger charge is 2.04. The first-order chi connectivity index (χ1) is 13.1. The molecule has 0 unspecified atom stereocenters. The van der Waals surface area contributed by atoms with Crippen molar-refractivity contribution >= 4 is 12.0 Å². The molecule has 0 atom stereocenters. The van der Waals surface area contributed by atoms with E-state index in [9.17, 15) is 9.59 Å². The summed E-state index contributed by atoms with van der Waals surface area (Å²) in [6.07, 6.45) is 0.832. The summed E-state index contributed by atoms with van der Waals surface area (Å²) >= 11 is 0. The standard InChI is InChI=1S/C20H24N2O5/c1-26-11-2-12-27-18-9-5-16(6-10-18)14-22-20(25)21-13-15-3-7-17(8-4-15)19(23)24/h3-10H,2,11-14H2,1H3,(H,23,24)(H2,21,22,25). The highest BCUT2D eigenvalue weighted by atomic mass is 16.5. The molecule has 0 aromatic heterocycles. The van der Waals surface area contributed by atoms with Crippen molar-refractivity contribution in [2.75, 3.05) is 20.3 Å². The quantitative estimate of drug-likeness (QED) is 0.557. The monoisotopic (exact) mass is 372 g/mol. The average Bonchev–Trinajstić information content (AvgIpc) is 2.69. The van der Waals surface area contributed by atoms with Crippen LogP contribution in [0, 0.1) is 0 Å². The topological polar surface area (TPSA) is 96.9 Å². The zero-order chi connectivity index (χ0) is 19.5. The van der Waals surface area contributed by atoms with Gasteiger partial charge in [0.2, 0.25) is 0 Å². The molecular formula is C20H24N2O5. The number of carboxylic acid groups (broad SMARTS) is 1. The molecule has 0 aliphatic heterocycles. The molecule has 7 heteroatoms. The van der Waals surface area contributed by atoms with Gasteiger partial charge in [0.25, 0.3) is 0 Å². The molecule has 0 bridgehead atoms. The Hall–Kier alpha value is -3.06. The Morgan fingerprint density at radius 1 is 0.889 bits per heavy atom. The molecule has 7 nitrogen and oxygen atoms in total. The summed E-state index contributed by atoms with van der Waals surface area (Å²) in [6.45, 7) is 1.98. The number of hydrogen-bond acceptors (Lipinski definition) is 4. The fourth-order valence-electron chi connectivity index (χ4n) is 2.29. The first-order valence-electron chi connectivity index (χ1n) is 8.63. The fraction of sp³-hybridized carbons (Fsp3) is 0.300. The van der Waals surface area contributed by atoms with Gasteiger partial charge in [0, 0.05) is 33.2 Å².